The molecule has 3 aromatic rings. The molecule has 1 aromatic heterocycles. The topological polar surface area (TPSA) is 50.2 Å². The van der Waals surface area contributed by atoms with Gasteiger partial charge in [0.1, 0.15) is 0 Å². The van der Waals surface area contributed by atoms with Gasteiger partial charge in [0, 0.05) is 5.39 Å². The Kier molecular flexibility index (Phi) is 3.85. The number of benzene rings is 2. The van der Waals surface area contributed by atoms with Crippen LogP contribution in [0.4, 0.5) is 0 Å². The second-order valence-corrected chi connectivity index (χ2v) is 6.73. The highest BCUT2D eigenvalue weighted by Crippen LogP contribution is 2.38. The zero-order chi connectivity index (χ0) is 17.4. The fourth-order valence-corrected chi connectivity index (χ4v) is 3.73. The Balaban J connectivity index is 2.00. The first kappa shape index (κ1) is 15.6. The van der Waals surface area contributed by atoms with E-state index < -0.39 is 5.97 Å². The largest absolute Gasteiger partial charge is 0.478 e. The van der Waals surface area contributed by atoms with Gasteiger partial charge in [0.2, 0.25) is 0 Å². The number of carboxylic acids is 1. The van der Waals surface area contributed by atoms with Crippen molar-refractivity contribution in [1.29, 1.82) is 0 Å². The molecule has 0 radical (unpaired) electrons. The van der Waals surface area contributed by atoms with E-state index in [0.29, 0.717) is 11.5 Å². The van der Waals surface area contributed by atoms with Crippen molar-refractivity contribution in [1.82, 2.24) is 4.98 Å². The molecule has 25 heavy (non-hydrogen) atoms. The molecule has 2 aromatic carbocycles. The highest BCUT2D eigenvalue weighted by molar-refractivity contribution is 6.05. The number of hydrogen-bond donors (Lipinski definition) is 1. The molecule has 124 valence electrons. The maximum atomic E-state index is 12.0. The summed E-state index contributed by atoms with van der Waals surface area (Å²) in [6.07, 6.45) is 3.80. The van der Waals surface area contributed by atoms with Gasteiger partial charge >= 0.3 is 5.97 Å². The molecule has 1 heterocycles. The monoisotopic (exact) mass is 329 g/mol. The standard InChI is InChI=1S/C22H19NO2/c1-14-11-16(13-15-7-3-2-4-8-15)21-18(12-14)20(22(24)25)17-9-5-6-10-19(17)23-21/h2-10,13-14H,11-12H2,1H3,(H,24,25)/b16-13-. The molecule has 1 aliphatic carbocycles. The Labute approximate surface area is 146 Å². The molecular formula is C22H19NO2. The van der Waals surface area contributed by atoms with Crippen LogP contribution in [0.15, 0.2) is 54.6 Å². The molecular weight excluding hydrogens is 310 g/mol. The van der Waals surface area contributed by atoms with Gasteiger partial charge in [-0.25, -0.2) is 9.78 Å². The quantitative estimate of drug-likeness (QED) is 0.715. The molecule has 3 nitrogen and oxygen atoms in total. The minimum atomic E-state index is -0.872. The third-order valence-electron chi connectivity index (χ3n) is 4.77. The predicted octanol–water partition coefficient (Wildman–Crippen LogP) is 5.06. The molecule has 0 fully saturated rings. The van der Waals surface area contributed by atoms with E-state index in [4.69, 9.17) is 4.98 Å². The van der Waals surface area contributed by atoms with Crippen molar-refractivity contribution in [3.63, 3.8) is 0 Å². The normalized spacial score (nSPS) is 18.3. The Morgan fingerprint density at radius 2 is 1.80 bits per heavy atom. The summed E-state index contributed by atoms with van der Waals surface area (Å²) in [6.45, 7) is 2.17. The van der Waals surface area contributed by atoms with Crippen molar-refractivity contribution < 1.29 is 9.90 Å². The summed E-state index contributed by atoms with van der Waals surface area (Å²) in [5.74, 6) is -0.480. The average Bonchev–Trinajstić information content (AvgIpc) is 2.60. The van der Waals surface area contributed by atoms with Crippen molar-refractivity contribution in [2.75, 3.05) is 0 Å². The van der Waals surface area contributed by atoms with Crippen LogP contribution in [0.2, 0.25) is 0 Å². The van der Waals surface area contributed by atoms with Crippen LogP contribution < -0.4 is 0 Å². The number of allylic oxidation sites excluding steroid dienone is 1. The maximum absolute atomic E-state index is 12.0. The molecule has 0 saturated carbocycles. The number of aromatic carboxylic acids is 1. The Bertz CT molecular complexity index is 990. The van der Waals surface area contributed by atoms with Crippen molar-refractivity contribution in [2.24, 2.45) is 5.92 Å². The molecule has 1 N–H and O–H groups in total. The molecule has 0 spiro atoms. The molecule has 0 amide bonds. The zero-order valence-corrected chi connectivity index (χ0v) is 14.1. The van der Waals surface area contributed by atoms with Crippen molar-refractivity contribution in [3.05, 3.63) is 77.0 Å². The van der Waals surface area contributed by atoms with Gasteiger partial charge in [0.05, 0.1) is 16.8 Å². The van der Waals surface area contributed by atoms with Crippen LogP contribution >= 0.6 is 0 Å². The average molecular weight is 329 g/mol. The highest BCUT2D eigenvalue weighted by Gasteiger charge is 2.27. The summed E-state index contributed by atoms with van der Waals surface area (Å²) >= 11 is 0. The number of para-hydroxylation sites is 1. The summed E-state index contributed by atoms with van der Waals surface area (Å²) in [6, 6.07) is 17.7. The summed E-state index contributed by atoms with van der Waals surface area (Å²) < 4.78 is 0. The zero-order valence-electron chi connectivity index (χ0n) is 14.1. The number of rotatable bonds is 2. The minimum Gasteiger partial charge on any atom is -0.478 e. The van der Waals surface area contributed by atoms with Crippen LogP contribution in [0.1, 0.15) is 40.5 Å². The summed E-state index contributed by atoms with van der Waals surface area (Å²) in [4.78, 5) is 16.9. The van der Waals surface area contributed by atoms with E-state index >= 15 is 0 Å². The third kappa shape index (κ3) is 2.82. The van der Waals surface area contributed by atoms with E-state index in [1.54, 1.807) is 0 Å². The third-order valence-corrected chi connectivity index (χ3v) is 4.77. The van der Waals surface area contributed by atoms with Gasteiger partial charge in [0.25, 0.3) is 0 Å². The molecule has 0 bridgehead atoms. The van der Waals surface area contributed by atoms with Crippen LogP contribution in [0.5, 0.6) is 0 Å². The van der Waals surface area contributed by atoms with Crippen LogP contribution in [0, 0.1) is 5.92 Å². The van der Waals surface area contributed by atoms with E-state index in [9.17, 15) is 9.90 Å². The summed E-state index contributed by atoms with van der Waals surface area (Å²) in [7, 11) is 0. The van der Waals surface area contributed by atoms with Gasteiger partial charge in [0.15, 0.2) is 0 Å². The van der Waals surface area contributed by atoms with Crippen molar-refractivity contribution in [2.45, 2.75) is 19.8 Å². The Morgan fingerprint density at radius 1 is 1.08 bits per heavy atom. The molecule has 0 saturated heterocycles. The lowest BCUT2D eigenvalue weighted by atomic mass is 9.80. The van der Waals surface area contributed by atoms with Gasteiger partial charge in [-0.3, -0.25) is 0 Å². The van der Waals surface area contributed by atoms with Gasteiger partial charge < -0.3 is 5.11 Å². The first-order valence-electron chi connectivity index (χ1n) is 8.54. The lowest BCUT2D eigenvalue weighted by Gasteiger charge is -2.26. The highest BCUT2D eigenvalue weighted by atomic mass is 16.4. The van der Waals surface area contributed by atoms with Gasteiger partial charge in [-0.05, 0) is 47.6 Å². The summed E-state index contributed by atoms with van der Waals surface area (Å²) in [5.41, 5.74) is 5.10. The number of pyridine rings is 1. The Morgan fingerprint density at radius 3 is 2.56 bits per heavy atom. The van der Waals surface area contributed by atoms with Gasteiger partial charge in [-0.2, -0.15) is 0 Å². The maximum Gasteiger partial charge on any atom is 0.336 e. The fraction of sp³-hybridized carbons (Fsp3) is 0.182. The molecule has 4 rings (SSSR count). The second kappa shape index (κ2) is 6.17. The first-order chi connectivity index (χ1) is 12.1. The smallest absolute Gasteiger partial charge is 0.336 e. The lowest BCUT2D eigenvalue weighted by molar-refractivity contribution is 0.0697. The van der Waals surface area contributed by atoms with Gasteiger partial charge in [-0.15, -0.1) is 0 Å². The molecule has 1 atom stereocenters. The van der Waals surface area contributed by atoms with E-state index in [0.717, 1.165) is 46.1 Å². The van der Waals surface area contributed by atoms with Crippen LogP contribution in [0.3, 0.4) is 0 Å². The molecule has 0 aliphatic heterocycles. The van der Waals surface area contributed by atoms with E-state index in [1.165, 1.54) is 0 Å². The molecule has 3 heteroatoms. The van der Waals surface area contributed by atoms with Crippen LogP contribution in [-0.4, -0.2) is 16.1 Å². The van der Waals surface area contributed by atoms with Crippen molar-refractivity contribution in [3.8, 4) is 0 Å². The predicted molar refractivity (Wildman–Crippen MR) is 101 cm³/mol. The number of aromatic nitrogens is 1. The number of carbonyl (C=O) groups is 1. The van der Waals surface area contributed by atoms with E-state index in [-0.39, 0.29) is 0 Å². The summed E-state index contributed by atoms with van der Waals surface area (Å²) in [5, 5.41) is 10.6. The number of nitrogens with zero attached hydrogens (tertiary/aromatic N) is 1. The number of carboxylic acid groups (broad SMARTS) is 1. The molecule has 1 aliphatic rings. The first-order valence-corrected chi connectivity index (χ1v) is 8.54. The van der Waals surface area contributed by atoms with E-state index in [2.05, 4.69) is 25.1 Å². The van der Waals surface area contributed by atoms with Crippen LogP contribution in [0.25, 0.3) is 22.6 Å². The van der Waals surface area contributed by atoms with Gasteiger partial charge in [-0.1, -0.05) is 55.5 Å². The van der Waals surface area contributed by atoms with Crippen molar-refractivity contribution >= 4 is 28.5 Å². The number of hydrogen-bond acceptors (Lipinski definition) is 2. The molecule has 1 unspecified atom stereocenters. The minimum absolute atomic E-state index is 0.392. The lowest BCUT2D eigenvalue weighted by Crippen LogP contribution is -2.17. The Hall–Kier alpha value is -2.94. The fourth-order valence-electron chi connectivity index (χ4n) is 3.73. The SMILES string of the molecule is CC1C/C(=C/c2ccccc2)c2nc3ccccc3c(C(=O)O)c2C1. The number of fused-ring (bicyclic) bond motifs is 2. The van der Waals surface area contributed by atoms with E-state index in [1.807, 2.05) is 42.5 Å². The van der Waals surface area contributed by atoms with Crippen LogP contribution in [-0.2, 0) is 6.42 Å². The second-order valence-electron chi connectivity index (χ2n) is 6.73.